The Morgan fingerprint density at radius 3 is 2.74 bits per heavy atom. The first kappa shape index (κ1) is 22.7. The van der Waals surface area contributed by atoms with E-state index in [0.29, 0.717) is 21.6 Å². The van der Waals surface area contributed by atoms with E-state index in [4.69, 9.17) is 28.2 Å². The molecule has 0 bridgehead atoms. The third-order valence-electron chi connectivity index (χ3n) is 7.39. The third-order valence-corrected chi connectivity index (χ3v) is 9.57. The van der Waals surface area contributed by atoms with Gasteiger partial charge in [0.05, 0.1) is 12.8 Å². The summed E-state index contributed by atoms with van der Waals surface area (Å²) < 4.78 is 4.69. The van der Waals surface area contributed by atoms with Gasteiger partial charge in [-0.1, -0.05) is 41.6 Å². The van der Waals surface area contributed by atoms with Crippen LogP contribution in [-0.4, -0.2) is 56.3 Å². The number of thiocarbonyl (C=S) groups is 1. The first-order valence-corrected chi connectivity index (χ1v) is 12.7. The Morgan fingerprint density at radius 1 is 1.20 bits per heavy atom. The maximum atomic E-state index is 14.6. The summed E-state index contributed by atoms with van der Waals surface area (Å²) in [6.07, 6.45) is 5.04. The number of anilines is 1. The Kier molecular flexibility index (Phi) is 5.12. The van der Waals surface area contributed by atoms with Crippen molar-refractivity contribution in [3.63, 3.8) is 0 Å². The number of rotatable bonds is 3. The molecule has 2 amide bonds. The van der Waals surface area contributed by atoms with Gasteiger partial charge in [-0.15, -0.1) is 0 Å². The molecule has 3 atom stereocenters. The third kappa shape index (κ3) is 2.83. The number of thioether (sulfide) groups is 1. The molecule has 0 N–H and O–H groups in total. The number of hydrogen-bond donors (Lipinski definition) is 0. The highest BCUT2D eigenvalue weighted by atomic mass is 35.5. The number of halogens is 1. The smallest absolute Gasteiger partial charge is 0.254 e. The number of amides is 2. The molecular formula is C25H21ClN4O3S2. The molecule has 178 valence electrons. The number of likely N-dealkylation sites (N-methyl/N-ethyl adjacent to an activating group) is 2. The Labute approximate surface area is 217 Å². The monoisotopic (exact) mass is 524 g/mol. The van der Waals surface area contributed by atoms with E-state index in [1.165, 1.54) is 11.8 Å². The summed E-state index contributed by atoms with van der Waals surface area (Å²) in [4.78, 5) is 38.4. The molecule has 2 spiro atoms. The maximum absolute atomic E-state index is 14.6. The average molecular weight is 525 g/mol. The second-order valence-electron chi connectivity index (χ2n) is 9.03. The van der Waals surface area contributed by atoms with Crippen molar-refractivity contribution in [2.75, 3.05) is 25.5 Å². The first-order valence-electron chi connectivity index (χ1n) is 11.1. The van der Waals surface area contributed by atoms with Crippen LogP contribution in [-0.2, 0) is 21.7 Å². The number of likely N-dealkylation sites (tertiary alicyclic amines) is 1. The average Bonchev–Trinajstić information content (AvgIpc) is 3.57. The van der Waals surface area contributed by atoms with Gasteiger partial charge in [0, 0.05) is 48.2 Å². The van der Waals surface area contributed by atoms with Crippen LogP contribution in [0.4, 0.5) is 5.69 Å². The van der Waals surface area contributed by atoms with Crippen LogP contribution < -0.4 is 4.90 Å². The van der Waals surface area contributed by atoms with Crippen LogP contribution in [0.1, 0.15) is 22.8 Å². The maximum Gasteiger partial charge on any atom is 0.254 e. The largest absolute Gasteiger partial charge is 0.467 e. The lowest BCUT2D eigenvalue weighted by molar-refractivity contribution is -0.139. The quantitative estimate of drug-likeness (QED) is 0.479. The van der Waals surface area contributed by atoms with E-state index in [-0.39, 0.29) is 24.3 Å². The van der Waals surface area contributed by atoms with Gasteiger partial charge in [0.15, 0.2) is 5.54 Å². The van der Waals surface area contributed by atoms with Crippen molar-refractivity contribution in [3.8, 4) is 0 Å². The summed E-state index contributed by atoms with van der Waals surface area (Å²) in [5, 5.41) is 0.505. The number of carbonyl (C=O) groups is 2. The molecular weight excluding hydrogens is 504 g/mol. The molecule has 7 nitrogen and oxygen atoms in total. The van der Waals surface area contributed by atoms with Crippen molar-refractivity contribution < 1.29 is 14.0 Å². The van der Waals surface area contributed by atoms with Gasteiger partial charge >= 0.3 is 0 Å². The van der Waals surface area contributed by atoms with Crippen molar-refractivity contribution in [3.05, 3.63) is 83.0 Å². The molecule has 2 aromatic heterocycles. The lowest BCUT2D eigenvalue weighted by atomic mass is 9.72. The van der Waals surface area contributed by atoms with Crippen LogP contribution in [0.5, 0.6) is 0 Å². The van der Waals surface area contributed by atoms with Gasteiger partial charge in [-0.25, -0.2) is 0 Å². The predicted molar refractivity (Wildman–Crippen MR) is 138 cm³/mol. The van der Waals surface area contributed by atoms with Crippen molar-refractivity contribution in [1.29, 1.82) is 0 Å². The molecule has 3 aromatic rings. The van der Waals surface area contributed by atoms with Crippen LogP contribution in [0.2, 0.25) is 5.02 Å². The highest BCUT2D eigenvalue weighted by Crippen LogP contribution is 2.66. The minimum atomic E-state index is -1.30. The molecule has 2 fully saturated rings. The molecule has 0 radical (unpaired) electrons. The molecule has 5 heterocycles. The topological polar surface area (TPSA) is 69.9 Å². The molecule has 0 aliphatic carbocycles. The van der Waals surface area contributed by atoms with Crippen molar-refractivity contribution >= 4 is 57.4 Å². The minimum absolute atomic E-state index is 0.174. The Bertz CT molecular complexity index is 1370. The number of benzene rings is 1. The highest BCUT2D eigenvalue weighted by Gasteiger charge is 2.78. The molecule has 1 aromatic carbocycles. The lowest BCUT2D eigenvalue weighted by Crippen LogP contribution is -2.62. The van der Waals surface area contributed by atoms with Crippen LogP contribution in [0.3, 0.4) is 0 Å². The van der Waals surface area contributed by atoms with Gasteiger partial charge in [-0.05, 0) is 49.0 Å². The van der Waals surface area contributed by atoms with Gasteiger partial charge in [0.1, 0.15) is 14.8 Å². The number of fused-ring (bicyclic) bond motifs is 3. The summed E-state index contributed by atoms with van der Waals surface area (Å²) in [7, 11) is 3.64. The fourth-order valence-electron chi connectivity index (χ4n) is 5.95. The summed E-state index contributed by atoms with van der Waals surface area (Å²) in [5.74, 6) is -0.112. The molecule has 3 aliphatic rings. The normalized spacial score (nSPS) is 28.2. The highest BCUT2D eigenvalue weighted by molar-refractivity contribution is 8.25. The van der Waals surface area contributed by atoms with Gasteiger partial charge in [-0.2, -0.15) is 0 Å². The zero-order valence-electron chi connectivity index (χ0n) is 19.0. The number of hydrogen-bond acceptors (Lipinski definition) is 7. The molecule has 10 heteroatoms. The minimum Gasteiger partial charge on any atom is -0.467 e. The Morgan fingerprint density at radius 2 is 2.03 bits per heavy atom. The van der Waals surface area contributed by atoms with Crippen LogP contribution in [0, 0.1) is 0 Å². The first-order chi connectivity index (χ1) is 16.8. The number of furan rings is 1. The Balaban J connectivity index is 1.62. The SMILES string of the molecule is CN1C(=O)[C@@]2(c3cc(Cl)ccc31)N(C)CC(c1cccnc1)[C@@]21SC(=S)N(Cc2ccco2)C1=O. The fraction of sp³-hybridized carbons (Fsp3) is 0.280. The molecule has 6 rings (SSSR count). The lowest BCUT2D eigenvalue weighted by Gasteiger charge is -2.42. The molecule has 35 heavy (non-hydrogen) atoms. The van der Waals surface area contributed by atoms with E-state index in [0.717, 1.165) is 16.8 Å². The number of aromatic nitrogens is 1. The van der Waals surface area contributed by atoms with Gasteiger partial charge in [0.2, 0.25) is 5.91 Å². The van der Waals surface area contributed by atoms with E-state index < -0.39 is 10.3 Å². The van der Waals surface area contributed by atoms with Crippen LogP contribution in [0.25, 0.3) is 0 Å². The molecule has 0 saturated carbocycles. The van der Waals surface area contributed by atoms with E-state index >= 15 is 0 Å². The van der Waals surface area contributed by atoms with Crippen LogP contribution >= 0.6 is 35.6 Å². The van der Waals surface area contributed by atoms with Crippen LogP contribution in [0.15, 0.2) is 65.5 Å². The van der Waals surface area contributed by atoms with Crippen molar-refractivity contribution in [2.45, 2.75) is 22.7 Å². The standard InChI is InChI=1S/C25H21ClN4O3S2/c1-28-14-19(15-5-3-9-27-12-15)25(22(32)30(23(34)35-25)13-17-6-4-10-33-17)24(28)18-11-16(26)7-8-20(18)29(2)21(24)31/h3-12,19H,13-14H2,1-2H3/t19?,24-,25+/m1/s1. The van der Waals surface area contributed by atoms with E-state index in [2.05, 4.69) is 4.98 Å². The second kappa shape index (κ2) is 7.89. The zero-order valence-corrected chi connectivity index (χ0v) is 21.4. The van der Waals surface area contributed by atoms with Gasteiger partial charge in [-0.3, -0.25) is 24.4 Å². The van der Waals surface area contributed by atoms with E-state index in [9.17, 15) is 9.59 Å². The van der Waals surface area contributed by atoms with Gasteiger partial charge < -0.3 is 9.32 Å². The Hall–Kier alpha value is -2.72. The summed E-state index contributed by atoms with van der Waals surface area (Å²) in [6, 6.07) is 12.8. The van der Waals surface area contributed by atoms with Crippen molar-refractivity contribution in [2.24, 2.45) is 0 Å². The molecule has 2 saturated heterocycles. The van der Waals surface area contributed by atoms with E-state index in [1.807, 2.05) is 42.3 Å². The fourth-order valence-corrected chi connectivity index (χ4v) is 8.24. The van der Waals surface area contributed by atoms with Gasteiger partial charge in [0.25, 0.3) is 5.91 Å². The summed E-state index contributed by atoms with van der Waals surface area (Å²) in [6.45, 7) is 0.665. The summed E-state index contributed by atoms with van der Waals surface area (Å²) >= 11 is 13.6. The summed E-state index contributed by atoms with van der Waals surface area (Å²) in [5.41, 5.74) is 1.04. The number of nitrogens with zero attached hydrogens (tertiary/aromatic N) is 4. The molecule has 3 aliphatic heterocycles. The zero-order chi connectivity index (χ0) is 24.5. The number of pyridine rings is 1. The van der Waals surface area contributed by atoms with E-state index in [1.54, 1.807) is 47.6 Å². The predicted octanol–water partition coefficient (Wildman–Crippen LogP) is 4.03. The molecule has 1 unspecified atom stereocenters. The second-order valence-corrected chi connectivity index (χ2v) is 11.3. The number of carbonyl (C=O) groups excluding carboxylic acids is 2. The van der Waals surface area contributed by atoms with Crippen molar-refractivity contribution in [1.82, 2.24) is 14.8 Å².